The van der Waals surface area contributed by atoms with Crippen molar-refractivity contribution >= 4 is 52.8 Å². The lowest BCUT2D eigenvalue weighted by Gasteiger charge is -2.12. The minimum absolute atomic E-state index is 0.0832. The molecule has 0 heterocycles. The molecule has 0 atom stereocenters. The first-order chi connectivity index (χ1) is 19.4. The van der Waals surface area contributed by atoms with Gasteiger partial charge in [-0.3, -0.25) is 19.2 Å². The molecule has 4 aromatic rings. The standard InChI is InChI=1S/C31H26N4O4S/c32-29(37)22-14-16-24(17-15-22)33-28(36)20-40-26-13-7-12-25(19-26)34-31(39)27(18-21-8-3-1-4-9-21)35-30(38)23-10-5-2-6-11-23/h1-19H,20H2,(H2,32,37)(H,33,36)(H,34,39)(H,35,38)/b27-18-. The summed E-state index contributed by atoms with van der Waals surface area (Å²) in [4.78, 5) is 50.4. The number of anilines is 2. The van der Waals surface area contributed by atoms with Gasteiger partial charge in [0.1, 0.15) is 5.70 Å². The molecule has 0 aliphatic rings. The van der Waals surface area contributed by atoms with Crippen molar-refractivity contribution in [2.24, 2.45) is 5.73 Å². The van der Waals surface area contributed by atoms with E-state index in [2.05, 4.69) is 16.0 Å². The van der Waals surface area contributed by atoms with Crippen molar-refractivity contribution in [2.75, 3.05) is 16.4 Å². The molecule has 0 aliphatic carbocycles. The fraction of sp³-hybridized carbons (Fsp3) is 0.0323. The van der Waals surface area contributed by atoms with E-state index in [1.165, 1.54) is 11.8 Å². The summed E-state index contributed by atoms with van der Waals surface area (Å²) < 4.78 is 0. The smallest absolute Gasteiger partial charge is 0.272 e. The van der Waals surface area contributed by atoms with Gasteiger partial charge in [0, 0.05) is 27.4 Å². The number of carbonyl (C=O) groups excluding carboxylic acids is 4. The largest absolute Gasteiger partial charge is 0.366 e. The van der Waals surface area contributed by atoms with E-state index in [1.807, 2.05) is 42.5 Å². The van der Waals surface area contributed by atoms with Crippen LogP contribution in [-0.2, 0) is 9.59 Å². The normalized spacial score (nSPS) is 10.8. The van der Waals surface area contributed by atoms with Gasteiger partial charge < -0.3 is 21.7 Å². The Balaban J connectivity index is 1.41. The Morgan fingerprint density at radius 1 is 0.700 bits per heavy atom. The van der Waals surface area contributed by atoms with Crippen LogP contribution < -0.4 is 21.7 Å². The number of hydrogen-bond acceptors (Lipinski definition) is 5. The lowest BCUT2D eigenvalue weighted by Crippen LogP contribution is -2.30. The first-order valence-corrected chi connectivity index (χ1v) is 13.2. The first-order valence-electron chi connectivity index (χ1n) is 12.2. The van der Waals surface area contributed by atoms with Crippen LogP contribution in [0, 0.1) is 0 Å². The molecule has 0 radical (unpaired) electrons. The zero-order valence-electron chi connectivity index (χ0n) is 21.3. The van der Waals surface area contributed by atoms with Crippen LogP contribution >= 0.6 is 11.8 Å². The third-order valence-corrected chi connectivity index (χ3v) is 6.55. The van der Waals surface area contributed by atoms with Gasteiger partial charge in [0.15, 0.2) is 0 Å². The molecule has 0 spiro atoms. The SMILES string of the molecule is NC(=O)c1ccc(NC(=O)CSc2cccc(NC(=O)/C(=C/c3ccccc3)NC(=O)c3ccccc3)c2)cc1. The molecule has 8 nitrogen and oxygen atoms in total. The minimum Gasteiger partial charge on any atom is -0.366 e. The summed E-state index contributed by atoms with van der Waals surface area (Å²) in [6, 6.07) is 31.2. The quantitative estimate of drug-likeness (QED) is 0.164. The van der Waals surface area contributed by atoms with E-state index in [1.54, 1.807) is 72.8 Å². The van der Waals surface area contributed by atoms with Gasteiger partial charge in [-0.05, 0) is 66.2 Å². The summed E-state index contributed by atoms with van der Waals surface area (Å²) >= 11 is 1.29. The number of rotatable bonds is 10. The van der Waals surface area contributed by atoms with Gasteiger partial charge in [0.25, 0.3) is 11.8 Å². The molecule has 0 unspecified atom stereocenters. The zero-order chi connectivity index (χ0) is 28.3. The fourth-order valence-electron chi connectivity index (χ4n) is 3.58. The topological polar surface area (TPSA) is 130 Å². The Hall–Kier alpha value is -5.15. The predicted octanol–water partition coefficient (Wildman–Crippen LogP) is 4.93. The van der Waals surface area contributed by atoms with Gasteiger partial charge in [0.05, 0.1) is 5.75 Å². The number of benzene rings is 4. The summed E-state index contributed by atoms with van der Waals surface area (Å²) in [6.45, 7) is 0. The number of carbonyl (C=O) groups is 4. The van der Waals surface area contributed by atoms with Crippen LogP contribution in [0.2, 0.25) is 0 Å². The molecule has 5 N–H and O–H groups in total. The molecule has 40 heavy (non-hydrogen) atoms. The summed E-state index contributed by atoms with van der Waals surface area (Å²) in [7, 11) is 0. The number of nitrogens with two attached hydrogens (primary N) is 1. The number of hydrogen-bond donors (Lipinski definition) is 4. The lowest BCUT2D eigenvalue weighted by molar-refractivity contribution is -0.114. The highest BCUT2D eigenvalue weighted by molar-refractivity contribution is 8.00. The van der Waals surface area contributed by atoms with Gasteiger partial charge in [-0.2, -0.15) is 0 Å². The molecule has 4 rings (SSSR count). The molecule has 0 aliphatic heterocycles. The maximum atomic E-state index is 13.2. The van der Waals surface area contributed by atoms with Crippen LogP contribution in [0.1, 0.15) is 26.3 Å². The van der Waals surface area contributed by atoms with Gasteiger partial charge in [-0.25, -0.2) is 0 Å². The van der Waals surface area contributed by atoms with Crippen molar-refractivity contribution in [2.45, 2.75) is 4.90 Å². The Morgan fingerprint density at radius 3 is 2.05 bits per heavy atom. The van der Waals surface area contributed by atoms with Crippen molar-refractivity contribution in [3.8, 4) is 0 Å². The summed E-state index contributed by atoms with van der Waals surface area (Å²) in [6.07, 6.45) is 1.61. The van der Waals surface area contributed by atoms with Crippen LogP contribution in [-0.4, -0.2) is 29.4 Å². The van der Waals surface area contributed by atoms with E-state index in [0.29, 0.717) is 22.5 Å². The van der Waals surface area contributed by atoms with E-state index in [9.17, 15) is 19.2 Å². The fourth-order valence-corrected chi connectivity index (χ4v) is 4.34. The van der Waals surface area contributed by atoms with E-state index in [-0.39, 0.29) is 17.4 Å². The van der Waals surface area contributed by atoms with Crippen LogP contribution in [0.25, 0.3) is 6.08 Å². The van der Waals surface area contributed by atoms with Gasteiger partial charge in [-0.15, -0.1) is 11.8 Å². The second kappa shape index (κ2) is 13.6. The second-order valence-electron chi connectivity index (χ2n) is 8.55. The van der Waals surface area contributed by atoms with Crippen LogP contribution in [0.4, 0.5) is 11.4 Å². The van der Waals surface area contributed by atoms with Gasteiger partial charge in [0.2, 0.25) is 11.8 Å². The van der Waals surface area contributed by atoms with Gasteiger partial charge in [-0.1, -0.05) is 54.6 Å². The average molecular weight is 551 g/mol. The Kier molecular flexibility index (Phi) is 9.47. The number of amides is 4. The van der Waals surface area contributed by atoms with Crippen molar-refractivity contribution in [3.05, 3.63) is 132 Å². The monoisotopic (exact) mass is 550 g/mol. The van der Waals surface area contributed by atoms with Crippen molar-refractivity contribution < 1.29 is 19.2 Å². The molecule has 0 saturated heterocycles. The third-order valence-electron chi connectivity index (χ3n) is 5.55. The van der Waals surface area contributed by atoms with Crippen molar-refractivity contribution in [1.82, 2.24) is 5.32 Å². The molecular weight excluding hydrogens is 524 g/mol. The Morgan fingerprint density at radius 2 is 1.38 bits per heavy atom. The van der Waals surface area contributed by atoms with Crippen LogP contribution in [0.15, 0.2) is 120 Å². The maximum Gasteiger partial charge on any atom is 0.272 e. The van der Waals surface area contributed by atoms with Gasteiger partial charge >= 0.3 is 0 Å². The number of nitrogens with one attached hydrogen (secondary N) is 3. The zero-order valence-corrected chi connectivity index (χ0v) is 22.1. The molecule has 0 saturated carbocycles. The summed E-state index contributed by atoms with van der Waals surface area (Å²) in [5, 5.41) is 8.31. The number of thioether (sulfide) groups is 1. The minimum atomic E-state index is -0.540. The highest BCUT2D eigenvalue weighted by Crippen LogP contribution is 2.23. The van der Waals surface area contributed by atoms with E-state index >= 15 is 0 Å². The Bertz CT molecular complexity index is 1540. The van der Waals surface area contributed by atoms with E-state index < -0.39 is 17.7 Å². The second-order valence-corrected chi connectivity index (χ2v) is 9.60. The molecule has 0 fully saturated rings. The highest BCUT2D eigenvalue weighted by atomic mass is 32.2. The molecule has 9 heteroatoms. The predicted molar refractivity (Wildman–Crippen MR) is 158 cm³/mol. The van der Waals surface area contributed by atoms with E-state index in [4.69, 9.17) is 5.73 Å². The highest BCUT2D eigenvalue weighted by Gasteiger charge is 2.15. The molecule has 0 aromatic heterocycles. The number of primary amides is 1. The lowest BCUT2D eigenvalue weighted by atomic mass is 10.1. The first kappa shape index (κ1) is 27.9. The molecule has 200 valence electrons. The van der Waals surface area contributed by atoms with Crippen LogP contribution in [0.3, 0.4) is 0 Å². The molecule has 4 aromatic carbocycles. The van der Waals surface area contributed by atoms with Crippen molar-refractivity contribution in [1.29, 1.82) is 0 Å². The van der Waals surface area contributed by atoms with Crippen molar-refractivity contribution in [3.63, 3.8) is 0 Å². The maximum absolute atomic E-state index is 13.2. The summed E-state index contributed by atoms with van der Waals surface area (Å²) in [5.41, 5.74) is 7.91. The summed E-state index contributed by atoms with van der Waals surface area (Å²) in [5.74, 6) is -1.55. The molecular formula is C31H26N4O4S. The average Bonchev–Trinajstić information content (AvgIpc) is 2.97. The molecule has 0 bridgehead atoms. The Labute approximate surface area is 235 Å². The third kappa shape index (κ3) is 8.17. The molecule has 4 amide bonds. The van der Waals surface area contributed by atoms with Crippen LogP contribution in [0.5, 0.6) is 0 Å². The van der Waals surface area contributed by atoms with E-state index in [0.717, 1.165) is 10.5 Å².